The molecule has 0 N–H and O–H groups in total. The molecule has 26 heavy (non-hydrogen) atoms. The quantitative estimate of drug-likeness (QED) is 0.121. The van der Waals surface area contributed by atoms with Gasteiger partial charge < -0.3 is 18.6 Å². The van der Waals surface area contributed by atoms with Crippen LogP contribution in [-0.4, -0.2) is 40.6 Å². The van der Waals surface area contributed by atoms with E-state index in [1.54, 1.807) is 27.7 Å². The summed E-state index contributed by atoms with van der Waals surface area (Å²) < 4.78 is 86.6. The molecule has 1 aromatic carbocycles. The zero-order chi connectivity index (χ0) is 20.0. The van der Waals surface area contributed by atoms with Crippen molar-refractivity contribution in [2.45, 2.75) is 46.4 Å². The SMILES string of the molecule is CC(C)OC(O[SiH2]COC(=O)c1c(F)c(F)c(F)c(F)c1F)OC(C)C. The predicted molar refractivity (Wildman–Crippen MR) is 82.4 cm³/mol. The third kappa shape index (κ3) is 6.00. The number of esters is 1. The van der Waals surface area contributed by atoms with Crippen LogP contribution in [0.4, 0.5) is 22.0 Å². The number of carbonyl (C=O) groups excluding carboxylic acids is 1. The average Bonchev–Trinajstić information content (AvgIpc) is 2.54. The van der Waals surface area contributed by atoms with Crippen LogP contribution in [0.5, 0.6) is 0 Å². The summed E-state index contributed by atoms with van der Waals surface area (Å²) in [6, 6.07) is 0. The normalized spacial score (nSPS) is 12.2. The summed E-state index contributed by atoms with van der Waals surface area (Å²) in [4.78, 5) is 11.6. The Kier molecular flexibility index (Phi) is 8.60. The molecule has 1 rings (SSSR count). The van der Waals surface area contributed by atoms with Gasteiger partial charge in [-0.05, 0) is 27.7 Å². The van der Waals surface area contributed by atoms with Crippen LogP contribution in [0.15, 0.2) is 0 Å². The molecule has 0 amide bonds. The van der Waals surface area contributed by atoms with Crippen molar-refractivity contribution in [2.24, 2.45) is 0 Å². The Bertz CT molecular complexity index is 602. The van der Waals surface area contributed by atoms with Crippen molar-refractivity contribution in [2.75, 3.05) is 6.23 Å². The number of ether oxygens (including phenoxy) is 3. The van der Waals surface area contributed by atoms with E-state index >= 15 is 0 Å². The molecule has 0 spiro atoms. The fourth-order valence-electron chi connectivity index (χ4n) is 1.69. The highest BCUT2D eigenvalue weighted by Crippen LogP contribution is 2.23. The highest BCUT2D eigenvalue weighted by Gasteiger charge is 2.30. The Labute approximate surface area is 149 Å². The molecule has 0 unspecified atom stereocenters. The van der Waals surface area contributed by atoms with Crippen molar-refractivity contribution in [3.05, 3.63) is 34.6 Å². The number of rotatable bonds is 9. The Morgan fingerprint density at radius 3 is 1.69 bits per heavy atom. The Morgan fingerprint density at radius 1 is 0.846 bits per heavy atom. The standard InChI is InChI=1S/C15H19F5O5Si/c1-6(2)23-15(24-7(3)4)25-26-5-22-14(21)8-9(16)11(18)13(20)12(19)10(8)17/h6-7,15H,5,26H2,1-4H3. The minimum absolute atomic E-state index is 0.219. The van der Waals surface area contributed by atoms with E-state index in [2.05, 4.69) is 4.74 Å². The van der Waals surface area contributed by atoms with Gasteiger partial charge in [-0.15, -0.1) is 0 Å². The van der Waals surface area contributed by atoms with Crippen molar-refractivity contribution >= 4 is 15.7 Å². The highest BCUT2D eigenvalue weighted by molar-refractivity contribution is 6.27. The van der Waals surface area contributed by atoms with Crippen LogP contribution in [0.2, 0.25) is 0 Å². The van der Waals surface area contributed by atoms with Gasteiger partial charge in [-0.1, -0.05) is 0 Å². The molecule has 0 fully saturated rings. The highest BCUT2D eigenvalue weighted by atomic mass is 28.2. The second-order valence-electron chi connectivity index (χ2n) is 5.61. The van der Waals surface area contributed by atoms with Crippen molar-refractivity contribution in [1.29, 1.82) is 0 Å². The molecule has 1 aromatic rings. The zero-order valence-corrected chi connectivity index (χ0v) is 16.0. The minimum atomic E-state index is -2.35. The summed E-state index contributed by atoms with van der Waals surface area (Å²) in [7, 11) is -1.62. The Morgan fingerprint density at radius 2 is 1.27 bits per heavy atom. The summed E-state index contributed by atoms with van der Waals surface area (Å²) in [5.41, 5.74) is -1.65. The first kappa shape index (κ1) is 22.5. The lowest BCUT2D eigenvalue weighted by Crippen LogP contribution is -2.30. The smallest absolute Gasteiger partial charge is 0.344 e. The molecule has 5 nitrogen and oxygen atoms in total. The molecule has 0 radical (unpaired) electrons. The zero-order valence-electron chi connectivity index (χ0n) is 14.6. The molecule has 148 valence electrons. The maximum atomic E-state index is 13.5. The van der Waals surface area contributed by atoms with E-state index in [9.17, 15) is 26.7 Å². The summed E-state index contributed by atoms with van der Waals surface area (Å²) in [5, 5.41) is 0. The molecule has 0 atom stereocenters. The fraction of sp³-hybridized carbons (Fsp3) is 0.533. The van der Waals surface area contributed by atoms with Gasteiger partial charge in [0.2, 0.25) is 15.6 Å². The van der Waals surface area contributed by atoms with Crippen LogP contribution in [0.25, 0.3) is 0 Å². The van der Waals surface area contributed by atoms with Crippen molar-refractivity contribution in [1.82, 2.24) is 0 Å². The molecule has 0 aliphatic heterocycles. The predicted octanol–water partition coefficient (Wildman–Crippen LogP) is 2.73. The summed E-state index contributed by atoms with van der Waals surface area (Å²) in [5.74, 6) is -13.0. The lowest BCUT2D eigenvalue weighted by molar-refractivity contribution is -0.276. The maximum Gasteiger partial charge on any atom is 0.344 e. The van der Waals surface area contributed by atoms with Gasteiger partial charge in [-0.3, -0.25) is 0 Å². The van der Waals surface area contributed by atoms with Crippen molar-refractivity contribution in [3.63, 3.8) is 0 Å². The third-order valence-electron chi connectivity index (χ3n) is 2.75. The van der Waals surface area contributed by atoms with Crippen LogP contribution in [0, 0.1) is 29.1 Å². The topological polar surface area (TPSA) is 54.0 Å². The lowest BCUT2D eigenvalue weighted by atomic mass is 10.1. The van der Waals surface area contributed by atoms with Gasteiger partial charge >= 0.3 is 5.97 Å². The lowest BCUT2D eigenvalue weighted by Gasteiger charge is -2.23. The fourth-order valence-corrected chi connectivity index (χ4v) is 2.40. The van der Waals surface area contributed by atoms with Crippen LogP contribution in [-0.2, 0) is 18.6 Å². The van der Waals surface area contributed by atoms with E-state index in [1.165, 1.54) is 0 Å². The van der Waals surface area contributed by atoms with Crippen molar-refractivity contribution < 1.29 is 45.4 Å². The van der Waals surface area contributed by atoms with E-state index < -0.39 is 63.1 Å². The van der Waals surface area contributed by atoms with Gasteiger partial charge in [0.25, 0.3) is 6.48 Å². The molecule has 0 aliphatic carbocycles. The second-order valence-corrected chi connectivity index (χ2v) is 6.76. The largest absolute Gasteiger partial charge is 0.463 e. The first-order valence-corrected chi connectivity index (χ1v) is 9.25. The van der Waals surface area contributed by atoms with E-state index in [1.807, 2.05) is 0 Å². The van der Waals surface area contributed by atoms with Crippen LogP contribution < -0.4 is 0 Å². The molecule has 0 saturated carbocycles. The summed E-state index contributed by atoms with van der Waals surface area (Å²) >= 11 is 0. The second kappa shape index (κ2) is 9.95. The number of hydrogen-bond donors (Lipinski definition) is 0. The van der Waals surface area contributed by atoms with Crippen LogP contribution in [0.1, 0.15) is 38.1 Å². The average molecular weight is 402 g/mol. The minimum Gasteiger partial charge on any atom is -0.463 e. The van der Waals surface area contributed by atoms with Gasteiger partial charge in [-0.2, -0.15) is 0 Å². The number of carbonyl (C=O) groups is 1. The molecule has 11 heteroatoms. The van der Waals surface area contributed by atoms with Gasteiger partial charge in [0.1, 0.15) is 11.8 Å². The first-order valence-electron chi connectivity index (χ1n) is 7.67. The molecule has 0 bridgehead atoms. The molecule has 0 aromatic heterocycles. The molecular weight excluding hydrogens is 383 g/mol. The first-order chi connectivity index (χ1) is 12.1. The van der Waals surface area contributed by atoms with E-state index in [4.69, 9.17) is 13.9 Å². The van der Waals surface area contributed by atoms with Crippen molar-refractivity contribution in [3.8, 4) is 0 Å². The molecule has 0 aliphatic rings. The monoisotopic (exact) mass is 402 g/mol. The van der Waals surface area contributed by atoms with Gasteiger partial charge in [0.05, 0.1) is 12.2 Å². The van der Waals surface area contributed by atoms with Gasteiger partial charge in [-0.25, -0.2) is 26.7 Å². The number of benzene rings is 1. The van der Waals surface area contributed by atoms with Gasteiger partial charge in [0.15, 0.2) is 23.3 Å². The maximum absolute atomic E-state index is 13.5. The summed E-state index contributed by atoms with van der Waals surface area (Å²) in [6.07, 6.45) is -0.829. The number of hydrogen-bond acceptors (Lipinski definition) is 5. The van der Waals surface area contributed by atoms with Gasteiger partial charge in [0, 0.05) is 0 Å². The van der Waals surface area contributed by atoms with Crippen LogP contribution >= 0.6 is 0 Å². The van der Waals surface area contributed by atoms with E-state index in [0.717, 1.165) is 0 Å². The molecular formula is C15H19F5O5Si. The third-order valence-corrected chi connectivity index (χ3v) is 3.63. The summed E-state index contributed by atoms with van der Waals surface area (Å²) in [6.45, 7) is 5.94. The molecule has 0 heterocycles. The number of halogens is 5. The van der Waals surface area contributed by atoms with Crippen LogP contribution in [0.3, 0.4) is 0 Å². The van der Waals surface area contributed by atoms with E-state index in [0.29, 0.717) is 0 Å². The Hall–Kier alpha value is -1.56. The van der Waals surface area contributed by atoms with E-state index in [-0.39, 0.29) is 12.2 Å². The Balaban J connectivity index is 2.67. The molecule has 0 saturated heterocycles.